The van der Waals surface area contributed by atoms with Crippen LogP contribution in [0.5, 0.6) is 0 Å². The Morgan fingerprint density at radius 2 is 1.05 bits per heavy atom. The molecule has 1 N–H and O–H groups in total. The number of rotatable bonds is 4. The van der Waals surface area contributed by atoms with Gasteiger partial charge >= 0.3 is 0 Å². The van der Waals surface area contributed by atoms with Crippen LogP contribution < -0.4 is 5.32 Å². The average molecular weight is 718 g/mol. The molecule has 0 aliphatic carbocycles. The fourth-order valence-electron chi connectivity index (χ4n) is 8.85. The van der Waals surface area contributed by atoms with Gasteiger partial charge in [0.25, 0.3) is 0 Å². The van der Waals surface area contributed by atoms with E-state index < -0.39 is 6.17 Å². The van der Waals surface area contributed by atoms with Crippen molar-refractivity contribution in [3.05, 3.63) is 193 Å². The van der Waals surface area contributed by atoms with Crippen LogP contribution in [-0.2, 0) is 0 Å². The van der Waals surface area contributed by atoms with Gasteiger partial charge in [-0.05, 0) is 62.1 Å². The summed E-state index contributed by atoms with van der Waals surface area (Å²) in [5.41, 5.74) is 8.39. The second-order valence-electron chi connectivity index (χ2n) is 14.5. The summed E-state index contributed by atoms with van der Waals surface area (Å²) >= 11 is 0. The fraction of sp³-hybridized carbons (Fsp3) is 0.0196. The molecule has 0 saturated carbocycles. The minimum Gasteiger partial charge on any atom is -0.456 e. The minimum absolute atomic E-state index is 0.458. The highest BCUT2D eigenvalue weighted by molar-refractivity contribution is 6.26. The van der Waals surface area contributed by atoms with Crippen molar-refractivity contribution < 1.29 is 8.83 Å². The lowest BCUT2D eigenvalue weighted by atomic mass is 9.92. The molecular formula is C51H31N3O2. The van der Waals surface area contributed by atoms with Crippen molar-refractivity contribution in [1.29, 1.82) is 0 Å². The molecule has 1 aliphatic heterocycles. The van der Waals surface area contributed by atoms with Crippen LogP contribution in [-0.4, -0.2) is 11.7 Å². The summed E-state index contributed by atoms with van der Waals surface area (Å²) in [5, 5.41) is 15.1. The molecule has 11 aromatic rings. The molecule has 3 heterocycles. The number of hydrogen-bond acceptors (Lipinski definition) is 5. The molecule has 9 aromatic carbocycles. The maximum atomic E-state index is 6.70. The lowest BCUT2D eigenvalue weighted by molar-refractivity contribution is 0.668. The monoisotopic (exact) mass is 717 g/mol. The Balaban J connectivity index is 1.13. The molecule has 0 bridgehead atoms. The summed E-state index contributed by atoms with van der Waals surface area (Å²) in [6.07, 6.45) is -0.458. The molecule has 2 aromatic heterocycles. The van der Waals surface area contributed by atoms with Crippen LogP contribution >= 0.6 is 0 Å². The third-order valence-corrected chi connectivity index (χ3v) is 11.3. The number of hydrogen-bond donors (Lipinski definition) is 1. The first-order valence-electron chi connectivity index (χ1n) is 18.9. The van der Waals surface area contributed by atoms with Crippen LogP contribution in [0, 0.1) is 0 Å². The molecule has 1 unspecified atom stereocenters. The molecule has 0 amide bonds. The van der Waals surface area contributed by atoms with E-state index >= 15 is 0 Å². The molecule has 56 heavy (non-hydrogen) atoms. The van der Waals surface area contributed by atoms with Crippen molar-refractivity contribution >= 4 is 87.9 Å². The molecule has 1 atom stereocenters. The van der Waals surface area contributed by atoms with E-state index in [1.165, 1.54) is 26.9 Å². The van der Waals surface area contributed by atoms with E-state index in [1.54, 1.807) is 0 Å². The second-order valence-corrected chi connectivity index (χ2v) is 14.5. The first-order chi connectivity index (χ1) is 27.8. The van der Waals surface area contributed by atoms with Crippen molar-refractivity contribution in [2.24, 2.45) is 9.98 Å². The predicted molar refractivity (Wildman–Crippen MR) is 231 cm³/mol. The Morgan fingerprint density at radius 3 is 1.93 bits per heavy atom. The molecule has 0 fully saturated rings. The Hall–Kier alpha value is -7.50. The number of aliphatic imine (C=N–C) groups is 2. The summed E-state index contributed by atoms with van der Waals surface area (Å²) in [4.78, 5) is 10.9. The molecule has 1 aliphatic rings. The third-order valence-electron chi connectivity index (χ3n) is 11.3. The number of amidine groups is 2. The van der Waals surface area contributed by atoms with Crippen molar-refractivity contribution in [1.82, 2.24) is 5.32 Å². The summed E-state index contributed by atoms with van der Waals surface area (Å²) < 4.78 is 13.1. The second kappa shape index (κ2) is 12.0. The number of nitrogens with zero attached hydrogens (tertiary/aromatic N) is 2. The van der Waals surface area contributed by atoms with Gasteiger partial charge in [0, 0.05) is 43.8 Å². The zero-order valence-corrected chi connectivity index (χ0v) is 30.0. The first kappa shape index (κ1) is 30.9. The van der Waals surface area contributed by atoms with Crippen LogP contribution in [0.3, 0.4) is 0 Å². The van der Waals surface area contributed by atoms with E-state index in [1.807, 2.05) is 42.5 Å². The standard InChI is InChI=1S/C51H31N3O2/c1-2-13-30(14-3-1)34-20-10-21-38-47-40(23-12-26-44(47)56-48(34)38)50-52-49(39-22-11-25-43-46(39)37-19-8-9-24-42(37)55-43)53-51(54-50)41-29-32-28-27-31-15-4-5-16-33(31)45(32)36-18-7-6-17-35(36)41/h1-29,51H,(H,52,53,54). The number of furan rings is 2. The van der Waals surface area contributed by atoms with Gasteiger partial charge in [0.1, 0.15) is 34.3 Å². The van der Waals surface area contributed by atoms with Crippen LogP contribution in [0.2, 0.25) is 0 Å². The lowest BCUT2D eigenvalue weighted by Crippen LogP contribution is -2.33. The highest BCUT2D eigenvalue weighted by atomic mass is 16.3. The van der Waals surface area contributed by atoms with Gasteiger partial charge < -0.3 is 14.2 Å². The Kier molecular flexibility index (Phi) is 6.63. The van der Waals surface area contributed by atoms with Crippen LogP contribution in [0.15, 0.2) is 195 Å². The fourth-order valence-corrected chi connectivity index (χ4v) is 8.85. The zero-order chi connectivity index (χ0) is 36.7. The Bertz CT molecular complexity index is 3460. The van der Waals surface area contributed by atoms with Gasteiger partial charge in [-0.25, -0.2) is 9.98 Å². The van der Waals surface area contributed by atoms with Gasteiger partial charge in [-0.15, -0.1) is 0 Å². The number of benzene rings is 9. The molecule has 0 radical (unpaired) electrons. The highest BCUT2D eigenvalue weighted by Crippen LogP contribution is 2.41. The number of fused-ring (bicyclic) bond motifs is 11. The first-order valence-corrected chi connectivity index (χ1v) is 18.9. The normalized spacial score (nSPS) is 14.6. The van der Waals surface area contributed by atoms with Crippen LogP contribution in [0.1, 0.15) is 22.9 Å². The maximum Gasteiger partial charge on any atom is 0.160 e. The van der Waals surface area contributed by atoms with Gasteiger partial charge in [0.2, 0.25) is 0 Å². The molecule has 5 nitrogen and oxygen atoms in total. The van der Waals surface area contributed by atoms with E-state index in [2.05, 4.69) is 139 Å². The van der Waals surface area contributed by atoms with Gasteiger partial charge in [0.05, 0.1) is 0 Å². The van der Waals surface area contributed by atoms with Crippen LogP contribution in [0.4, 0.5) is 0 Å². The van der Waals surface area contributed by atoms with E-state index in [4.69, 9.17) is 18.8 Å². The quantitative estimate of drug-likeness (QED) is 0.184. The van der Waals surface area contributed by atoms with Crippen molar-refractivity contribution in [2.75, 3.05) is 0 Å². The molecule has 0 spiro atoms. The van der Waals surface area contributed by atoms with E-state index in [0.717, 1.165) is 82.9 Å². The summed E-state index contributed by atoms with van der Waals surface area (Å²) in [5.74, 6) is 1.37. The van der Waals surface area contributed by atoms with Crippen molar-refractivity contribution in [2.45, 2.75) is 6.17 Å². The smallest absolute Gasteiger partial charge is 0.160 e. The van der Waals surface area contributed by atoms with Crippen molar-refractivity contribution in [3.63, 3.8) is 0 Å². The predicted octanol–water partition coefficient (Wildman–Crippen LogP) is 13.1. The number of nitrogens with one attached hydrogen (secondary N) is 1. The maximum absolute atomic E-state index is 6.70. The van der Waals surface area contributed by atoms with Gasteiger partial charge in [0.15, 0.2) is 5.84 Å². The lowest BCUT2D eigenvalue weighted by Gasteiger charge is -2.26. The average Bonchev–Trinajstić information content (AvgIpc) is 3.85. The topological polar surface area (TPSA) is 63.0 Å². The van der Waals surface area contributed by atoms with Crippen LogP contribution in [0.25, 0.3) is 87.3 Å². The van der Waals surface area contributed by atoms with E-state index in [9.17, 15) is 0 Å². The molecule has 12 rings (SSSR count). The summed E-state index contributed by atoms with van der Waals surface area (Å²) in [6, 6.07) is 61.4. The minimum atomic E-state index is -0.458. The van der Waals surface area contributed by atoms with Gasteiger partial charge in [-0.1, -0.05) is 152 Å². The van der Waals surface area contributed by atoms with Gasteiger partial charge in [-0.3, -0.25) is 0 Å². The van der Waals surface area contributed by atoms with Gasteiger partial charge in [-0.2, -0.15) is 0 Å². The Morgan fingerprint density at radius 1 is 0.429 bits per heavy atom. The summed E-state index contributed by atoms with van der Waals surface area (Å²) in [7, 11) is 0. The highest BCUT2D eigenvalue weighted by Gasteiger charge is 2.27. The third kappa shape index (κ3) is 4.61. The molecule has 5 heteroatoms. The molecule has 0 saturated heterocycles. The van der Waals surface area contributed by atoms with E-state index in [0.29, 0.717) is 5.84 Å². The Labute approximate surface area is 320 Å². The SMILES string of the molecule is c1ccc(-c2cccc3c2oc2cccc(C4=NC(c5cc6ccc7ccccc7c6c6ccccc56)NC(c5cccc6oc7ccccc7c56)=N4)c23)cc1. The zero-order valence-electron chi connectivity index (χ0n) is 30.0. The van der Waals surface area contributed by atoms with E-state index in [-0.39, 0.29) is 0 Å². The molecular weight excluding hydrogens is 687 g/mol. The summed E-state index contributed by atoms with van der Waals surface area (Å²) in [6.45, 7) is 0. The molecule has 262 valence electrons. The largest absolute Gasteiger partial charge is 0.456 e. The van der Waals surface area contributed by atoms with Crippen molar-refractivity contribution in [3.8, 4) is 11.1 Å². The number of para-hydroxylation sites is 2.